The molecule has 0 bridgehead atoms. The molecule has 198 valence electrons. The average molecular weight is 554 g/mol. The van der Waals surface area contributed by atoms with Crippen LogP contribution < -0.4 is 5.43 Å². The third-order valence-electron chi connectivity index (χ3n) is 5.99. The van der Waals surface area contributed by atoms with E-state index in [1.165, 1.54) is 23.0 Å². The van der Waals surface area contributed by atoms with Crippen LogP contribution in [0.3, 0.4) is 0 Å². The summed E-state index contributed by atoms with van der Waals surface area (Å²) >= 11 is 0.646. The summed E-state index contributed by atoms with van der Waals surface area (Å²) in [4.78, 5) is 36.8. The Kier molecular flexibility index (Phi) is 6.24. The van der Waals surface area contributed by atoms with E-state index in [1.807, 2.05) is 0 Å². The maximum absolute atomic E-state index is 13.5. The molecule has 38 heavy (non-hydrogen) atoms. The Morgan fingerprint density at radius 1 is 1.05 bits per heavy atom. The number of hydrogen-bond acceptors (Lipinski definition) is 5. The second-order valence-corrected chi connectivity index (χ2v) is 9.75. The third-order valence-corrected chi connectivity index (χ3v) is 6.86. The van der Waals surface area contributed by atoms with Gasteiger partial charge in [0.1, 0.15) is 0 Å². The number of nitrogens with zero attached hydrogens (tertiary/aromatic N) is 3. The van der Waals surface area contributed by atoms with E-state index in [0.717, 1.165) is 6.07 Å². The number of carbonyl (C=O) groups is 3. The molecule has 14 heteroatoms. The first-order valence-electron chi connectivity index (χ1n) is 11.1. The number of rotatable bonds is 5. The fourth-order valence-corrected chi connectivity index (χ4v) is 4.68. The van der Waals surface area contributed by atoms with Gasteiger partial charge >= 0.3 is 17.6 Å². The highest BCUT2D eigenvalue weighted by Gasteiger charge is 2.40. The zero-order valence-corrected chi connectivity index (χ0v) is 19.9. The fraction of sp³-hybridized carbons (Fsp3) is 0.250. The molecule has 0 spiro atoms. The van der Waals surface area contributed by atoms with Crippen LogP contribution in [0.15, 0.2) is 47.5 Å². The van der Waals surface area contributed by atoms with Crippen LogP contribution in [0.25, 0.3) is 17.0 Å². The molecule has 1 saturated carbocycles. The van der Waals surface area contributed by atoms with Crippen LogP contribution in [0.2, 0.25) is 0 Å². The molecule has 1 saturated heterocycles. The summed E-state index contributed by atoms with van der Waals surface area (Å²) in [5.74, 6) is -1.29. The Bertz CT molecular complexity index is 1510. The lowest BCUT2D eigenvalue weighted by Gasteiger charge is -2.16. The van der Waals surface area contributed by atoms with E-state index in [0.29, 0.717) is 52.1 Å². The highest BCUT2D eigenvalue weighted by atomic mass is 32.2. The maximum atomic E-state index is 13.5. The van der Waals surface area contributed by atoms with Gasteiger partial charge < -0.3 is 0 Å². The lowest BCUT2D eigenvalue weighted by molar-refractivity contribution is -0.143. The molecule has 5 rings (SSSR count). The predicted octanol–water partition coefficient (Wildman–Crippen LogP) is 5.60. The Balaban J connectivity index is 1.39. The molecule has 1 aliphatic carbocycles. The second kappa shape index (κ2) is 9.19. The van der Waals surface area contributed by atoms with Gasteiger partial charge in [0.2, 0.25) is 5.91 Å². The number of halogens is 6. The van der Waals surface area contributed by atoms with Crippen molar-refractivity contribution in [1.29, 1.82) is 0 Å². The minimum absolute atomic E-state index is 0.0670. The molecule has 2 fully saturated rings. The van der Waals surface area contributed by atoms with E-state index < -0.39 is 47.1 Å². The molecule has 2 aromatic carbocycles. The summed E-state index contributed by atoms with van der Waals surface area (Å²) in [6, 6.07) is 6.13. The predicted molar refractivity (Wildman–Crippen MR) is 124 cm³/mol. The SMILES string of the molecule is O=C(NN1C(=O)S/C(=C\c2ccc3c(cnn3Cc3ccc(C(F)(F)F)cc3C(F)(F)F)c2)C1=O)C1CC1. The van der Waals surface area contributed by atoms with Gasteiger partial charge in [-0.25, -0.2) is 0 Å². The normalized spacial score (nSPS) is 17.6. The average Bonchev–Trinajstić information content (AvgIpc) is 3.57. The number of fused-ring (bicyclic) bond motifs is 1. The first-order chi connectivity index (χ1) is 17.8. The largest absolute Gasteiger partial charge is 0.416 e. The molecule has 0 radical (unpaired) electrons. The van der Waals surface area contributed by atoms with Crippen molar-refractivity contribution in [2.75, 3.05) is 0 Å². The molecule has 2 aliphatic rings. The number of amides is 3. The summed E-state index contributed by atoms with van der Waals surface area (Å²) < 4.78 is 80.7. The Labute approximate surface area is 214 Å². The summed E-state index contributed by atoms with van der Waals surface area (Å²) in [7, 11) is 0. The van der Waals surface area contributed by atoms with E-state index in [9.17, 15) is 40.7 Å². The number of thioether (sulfide) groups is 1. The monoisotopic (exact) mass is 554 g/mol. The standard InChI is InChI=1S/C24H16F6N4O3S/c25-23(26,27)16-5-4-14(17(9-16)24(28,29)30)11-33-18-6-1-12(7-15(18)10-31-33)8-19-21(36)34(22(37)38-19)32-20(35)13-2-3-13/h1,4-10,13H,2-3,11H2,(H,32,35)/b19-8-. The summed E-state index contributed by atoms with van der Waals surface area (Å²) in [6.45, 7) is -0.435. The first kappa shape index (κ1) is 25.8. The zero-order chi connectivity index (χ0) is 27.4. The topological polar surface area (TPSA) is 84.3 Å². The smallest absolute Gasteiger partial charge is 0.273 e. The maximum Gasteiger partial charge on any atom is 0.416 e. The number of hydrogen-bond donors (Lipinski definition) is 1. The van der Waals surface area contributed by atoms with Crippen molar-refractivity contribution in [3.63, 3.8) is 0 Å². The molecule has 7 nitrogen and oxygen atoms in total. The van der Waals surface area contributed by atoms with Crippen molar-refractivity contribution in [3.05, 3.63) is 69.8 Å². The lowest BCUT2D eigenvalue weighted by atomic mass is 10.0. The molecule has 3 amide bonds. The highest BCUT2D eigenvalue weighted by molar-refractivity contribution is 8.18. The lowest BCUT2D eigenvalue weighted by Crippen LogP contribution is -2.45. The molecule has 0 atom stereocenters. The minimum Gasteiger partial charge on any atom is -0.273 e. The number of benzene rings is 2. The minimum atomic E-state index is -5.01. The highest BCUT2D eigenvalue weighted by Crippen LogP contribution is 2.38. The van der Waals surface area contributed by atoms with Gasteiger partial charge in [-0.05, 0) is 66.1 Å². The van der Waals surface area contributed by atoms with Gasteiger partial charge in [-0.3, -0.25) is 24.5 Å². The van der Waals surface area contributed by atoms with Crippen molar-refractivity contribution >= 4 is 45.8 Å². The van der Waals surface area contributed by atoms with Gasteiger partial charge in [-0.1, -0.05) is 12.1 Å². The number of carbonyl (C=O) groups excluding carboxylic acids is 3. The van der Waals surface area contributed by atoms with Gasteiger partial charge in [0.05, 0.1) is 34.3 Å². The molecule has 0 unspecified atom stereocenters. The van der Waals surface area contributed by atoms with Crippen LogP contribution in [-0.2, 0) is 28.5 Å². The summed E-state index contributed by atoms with van der Waals surface area (Å²) in [5.41, 5.74) is 0.0115. The van der Waals surface area contributed by atoms with Crippen LogP contribution in [-0.4, -0.2) is 31.8 Å². The zero-order valence-electron chi connectivity index (χ0n) is 19.1. The van der Waals surface area contributed by atoms with Gasteiger partial charge in [0, 0.05) is 11.3 Å². The Morgan fingerprint density at radius 2 is 1.79 bits per heavy atom. The molecule has 1 aliphatic heterocycles. The molecular weight excluding hydrogens is 538 g/mol. The van der Waals surface area contributed by atoms with Crippen LogP contribution in [0.1, 0.15) is 35.1 Å². The summed E-state index contributed by atoms with van der Waals surface area (Å²) in [6.07, 6.45) is -5.74. The molecule has 3 aromatic rings. The molecule has 1 aromatic heterocycles. The van der Waals surface area contributed by atoms with Crippen molar-refractivity contribution in [3.8, 4) is 0 Å². The number of nitrogens with one attached hydrogen (secondary N) is 1. The van der Waals surface area contributed by atoms with Gasteiger partial charge in [-0.15, -0.1) is 0 Å². The van der Waals surface area contributed by atoms with Gasteiger partial charge in [-0.2, -0.15) is 36.5 Å². The van der Waals surface area contributed by atoms with Crippen LogP contribution in [0.5, 0.6) is 0 Å². The van der Waals surface area contributed by atoms with E-state index in [-0.39, 0.29) is 22.5 Å². The van der Waals surface area contributed by atoms with E-state index in [2.05, 4.69) is 10.5 Å². The number of aromatic nitrogens is 2. The summed E-state index contributed by atoms with van der Waals surface area (Å²) in [5, 5.41) is 4.57. The molecule has 2 heterocycles. The van der Waals surface area contributed by atoms with Gasteiger partial charge in [0.15, 0.2) is 0 Å². The van der Waals surface area contributed by atoms with Crippen molar-refractivity contribution in [2.45, 2.75) is 31.7 Å². The second-order valence-electron chi connectivity index (χ2n) is 8.76. The van der Waals surface area contributed by atoms with Crippen LogP contribution in [0, 0.1) is 5.92 Å². The Morgan fingerprint density at radius 3 is 2.45 bits per heavy atom. The van der Waals surface area contributed by atoms with E-state index in [4.69, 9.17) is 0 Å². The first-order valence-corrected chi connectivity index (χ1v) is 11.9. The van der Waals surface area contributed by atoms with Crippen molar-refractivity contribution < 1.29 is 40.7 Å². The van der Waals surface area contributed by atoms with Crippen LogP contribution in [0.4, 0.5) is 31.1 Å². The van der Waals surface area contributed by atoms with Gasteiger partial charge in [0.25, 0.3) is 5.91 Å². The number of alkyl halides is 6. The van der Waals surface area contributed by atoms with E-state index in [1.54, 1.807) is 12.1 Å². The quantitative estimate of drug-likeness (QED) is 0.328. The molecular formula is C24H16F6N4O3S. The fourth-order valence-electron chi connectivity index (χ4n) is 3.90. The molecule has 1 N–H and O–H groups in total. The third kappa shape index (κ3) is 5.12. The number of hydrazine groups is 1. The number of imide groups is 1. The van der Waals surface area contributed by atoms with Crippen molar-refractivity contribution in [2.24, 2.45) is 5.92 Å². The van der Waals surface area contributed by atoms with E-state index >= 15 is 0 Å². The Hall–Kier alpha value is -3.81. The van der Waals surface area contributed by atoms with Crippen molar-refractivity contribution in [1.82, 2.24) is 20.2 Å². The van der Waals surface area contributed by atoms with Crippen LogP contribution >= 0.6 is 11.8 Å².